The van der Waals surface area contributed by atoms with Crippen LogP contribution in [0.4, 0.5) is 11.4 Å². The first-order chi connectivity index (χ1) is 13.9. The Morgan fingerprint density at radius 2 is 1.93 bits per heavy atom. The Morgan fingerprint density at radius 3 is 2.66 bits per heavy atom. The van der Waals surface area contributed by atoms with Crippen molar-refractivity contribution in [3.05, 3.63) is 53.2 Å². The van der Waals surface area contributed by atoms with Crippen LogP contribution >= 0.6 is 11.6 Å². The maximum absolute atomic E-state index is 13.0. The molecule has 0 aliphatic heterocycles. The van der Waals surface area contributed by atoms with Crippen molar-refractivity contribution >= 4 is 45.7 Å². The highest BCUT2D eigenvalue weighted by Crippen LogP contribution is 2.29. The summed E-state index contributed by atoms with van der Waals surface area (Å²) in [7, 11) is 1.79. The van der Waals surface area contributed by atoms with Gasteiger partial charge in [0.05, 0.1) is 11.2 Å². The van der Waals surface area contributed by atoms with Gasteiger partial charge in [0.1, 0.15) is 5.69 Å². The van der Waals surface area contributed by atoms with Gasteiger partial charge in [0.15, 0.2) is 0 Å². The number of fused-ring (bicyclic) bond motifs is 1. The second-order valence-corrected chi connectivity index (χ2v) is 6.86. The van der Waals surface area contributed by atoms with Crippen molar-refractivity contribution in [2.75, 3.05) is 10.6 Å². The van der Waals surface area contributed by atoms with Crippen LogP contribution in [-0.2, 0) is 11.8 Å². The third-order valence-corrected chi connectivity index (χ3v) is 4.65. The molecule has 146 valence electrons. The van der Waals surface area contributed by atoms with Crippen LogP contribution in [0.1, 0.15) is 17.4 Å². The van der Waals surface area contributed by atoms with Gasteiger partial charge in [-0.25, -0.2) is 0 Å². The van der Waals surface area contributed by atoms with E-state index in [1.807, 2.05) is 12.1 Å². The number of carbonyl (C=O) groups is 2. The van der Waals surface area contributed by atoms with Crippen molar-refractivity contribution in [1.29, 1.82) is 0 Å². The van der Waals surface area contributed by atoms with Crippen LogP contribution in [0.15, 0.2) is 42.5 Å². The summed E-state index contributed by atoms with van der Waals surface area (Å²) < 4.78 is 1.76. The van der Waals surface area contributed by atoms with Crippen molar-refractivity contribution in [2.45, 2.75) is 6.92 Å². The van der Waals surface area contributed by atoms with Crippen molar-refractivity contribution in [3.63, 3.8) is 0 Å². The van der Waals surface area contributed by atoms with Crippen LogP contribution in [0.25, 0.3) is 22.3 Å². The van der Waals surface area contributed by atoms with Gasteiger partial charge in [-0.1, -0.05) is 17.7 Å². The lowest BCUT2D eigenvalue weighted by atomic mass is 10.1. The molecule has 0 bridgehead atoms. The van der Waals surface area contributed by atoms with Gasteiger partial charge in [0.25, 0.3) is 5.91 Å². The zero-order valence-electron chi connectivity index (χ0n) is 15.5. The Labute approximate surface area is 170 Å². The number of H-pyrrole nitrogens is 1. The zero-order chi connectivity index (χ0) is 20.5. The van der Waals surface area contributed by atoms with Crippen LogP contribution in [0, 0.1) is 0 Å². The number of hydrogen-bond donors (Lipinski definition) is 3. The van der Waals surface area contributed by atoms with Crippen molar-refractivity contribution in [2.24, 2.45) is 7.05 Å². The van der Waals surface area contributed by atoms with Crippen molar-refractivity contribution in [1.82, 2.24) is 25.2 Å². The van der Waals surface area contributed by atoms with E-state index in [0.29, 0.717) is 33.5 Å². The molecule has 0 spiro atoms. The normalized spacial score (nSPS) is 10.9. The quantitative estimate of drug-likeness (QED) is 0.478. The first-order valence-corrected chi connectivity index (χ1v) is 9.02. The maximum Gasteiger partial charge on any atom is 0.272 e. The molecule has 0 atom stereocenters. The molecule has 9 nitrogen and oxygen atoms in total. The molecular formula is C19H16ClN7O2. The number of aromatic amines is 1. The van der Waals surface area contributed by atoms with Gasteiger partial charge in [0.2, 0.25) is 11.7 Å². The fourth-order valence-corrected chi connectivity index (χ4v) is 3.27. The number of nitrogens with one attached hydrogen (secondary N) is 3. The molecule has 0 fully saturated rings. The maximum atomic E-state index is 13.0. The van der Waals surface area contributed by atoms with Gasteiger partial charge >= 0.3 is 0 Å². The number of nitrogens with zero attached hydrogens (tertiary/aromatic N) is 4. The highest BCUT2D eigenvalue weighted by atomic mass is 35.5. The van der Waals surface area contributed by atoms with E-state index >= 15 is 0 Å². The smallest absolute Gasteiger partial charge is 0.272 e. The first kappa shape index (κ1) is 18.6. The van der Waals surface area contributed by atoms with Crippen LogP contribution in [0.5, 0.6) is 0 Å². The molecule has 10 heteroatoms. The number of aromatic nitrogens is 5. The summed E-state index contributed by atoms with van der Waals surface area (Å²) in [5.74, 6) is -0.148. The molecule has 2 heterocycles. The van der Waals surface area contributed by atoms with E-state index < -0.39 is 0 Å². The van der Waals surface area contributed by atoms with Gasteiger partial charge in [-0.3, -0.25) is 9.59 Å². The molecule has 0 saturated heterocycles. The topological polar surface area (TPSA) is 118 Å². The van der Waals surface area contributed by atoms with Crippen LogP contribution < -0.4 is 10.6 Å². The van der Waals surface area contributed by atoms with E-state index in [2.05, 4.69) is 31.3 Å². The van der Waals surface area contributed by atoms with E-state index in [4.69, 9.17) is 11.6 Å². The number of anilines is 2. The van der Waals surface area contributed by atoms with Crippen LogP contribution in [0.2, 0.25) is 5.02 Å². The number of tetrazole rings is 1. The van der Waals surface area contributed by atoms with Crippen LogP contribution in [0.3, 0.4) is 0 Å². The van der Waals surface area contributed by atoms with Gasteiger partial charge < -0.3 is 15.2 Å². The van der Waals surface area contributed by atoms with E-state index in [-0.39, 0.29) is 11.8 Å². The second-order valence-electron chi connectivity index (χ2n) is 6.42. The summed E-state index contributed by atoms with van der Waals surface area (Å²) in [6, 6.07) is 12.3. The number of halogens is 1. The lowest BCUT2D eigenvalue weighted by Crippen LogP contribution is -2.16. The monoisotopic (exact) mass is 409 g/mol. The molecule has 4 rings (SSSR count). The fraction of sp³-hybridized carbons (Fsp3) is 0.105. The Kier molecular flexibility index (Phi) is 4.73. The molecular weight excluding hydrogens is 394 g/mol. The largest absolute Gasteiger partial charge is 0.340 e. The van der Waals surface area contributed by atoms with E-state index in [1.165, 1.54) is 6.92 Å². The predicted octanol–water partition coefficient (Wildman–Crippen LogP) is 3.22. The summed E-state index contributed by atoms with van der Waals surface area (Å²) >= 11 is 6.08. The van der Waals surface area contributed by atoms with Crippen LogP contribution in [-0.4, -0.2) is 37.0 Å². The fourth-order valence-electron chi connectivity index (χ4n) is 3.10. The second kappa shape index (κ2) is 7.36. The number of benzene rings is 2. The Bertz CT molecular complexity index is 1230. The minimum atomic E-state index is -0.308. The number of rotatable bonds is 4. The van der Waals surface area contributed by atoms with E-state index in [9.17, 15) is 9.59 Å². The lowest BCUT2D eigenvalue weighted by molar-refractivity contribution is -0.114. The number of aryl methyl sites for hydroxylation is 1. The van der Waals surface area contributed by atoms with Gasteiger partial charge in [-0.15, -0.1) is 10.2 Å². The number of carbonyl (C=O) groups excluding carboxylic acids is 2. The van der Waals surface area contributed by atoms with E-state index in [1.54, 1.807) is 41.9 Å². The highest BCUT2D eigenvalue weighted by molar-refractivity contribution is 6.31. The lowest BCUT2D eigenvalue weighted by Gasteiger charge is -2.10. The average molecular weight is 410 g/mol. The number of hydrogen-bond acceptors (Lipinski definition) is 5. The molecule has 4 aromatic rings. The van der Waals surface area contributed by atoms with Gasteiger partial charge in [-0.05, 0) is 41.6 Å². The molecule has 2 amide bonds. The molecule has 0 aliphatic rings. The summed E-state index contributed by atoms with van der Waals surface area (Å²) in [6.45, 7) is 1.45. The number of amides is 2. The third kappa shape index (κ3) is 3.67. The summed E-state index contributed by atoms with van der Waals surface area (Å²) in [5.41, 5.74) is 2.98. The SMILES string of the molecule is CC(=O)Nc1ccc2cc(C(=O)Nc3ccc(Cl)cc3-c3nn[nH]n3)n(C)c2c1. The Morgan fingerprint density at radius 1 is 1.10 bits per heavy atom. The molecule has 0 radical (unpaired) electrons. The van der Waals surface area contributed by atoms with Gasteiger partial charge in [0, 0.05) is 35.6 Å². The molecule has 3 N–H and O–H groups in total. The molecule has 0 saturated carbocycles. The van der Waals surface area contributed by atoms with Crippen molar-refractivity contribution in [3.8, 4) is 11.4 Å². The van der Waals surface area contributed by atoms with Crippen molar-refractivity contribution < 1.29 is 9.59 Å². The molecule has 29 heavy (non-hydrogen) atoms. The molecule has 0 unspecified atom stereocenters. The minimum absolute atomic E-state index is 0.159. The molecule has 0 aliphatic carbocycles. The highest BCUT2D eigenvalue weighted by Gasteiger charge is 2.17. The standard InChI is InChI=1S/C19H16ClN7O2/c1-10(28)21-13-5-3-11-7-17(27(2)16(11)9-13)19(29)22-15-6-4-12(20)8-14(15)18-23-25-26-24-18/h3-9H,1-2H3,(H,21,28)(H,22,29)(H,23,24,25,26). The molecule has 2 aromatic heterocycles. The summed E-state index contributed by atoms with van der Waals surface area (Å²) in [6.07, 6.45) is 0. The van der Waals surface area contributed by atoms with Gasteiger partial charge in [-0.2, -0.15) is 5.21 Å². The Hall–Kier alpha value is -3.72. The zero-order valence-corrected chi connectivity index (χ0v) is 16.3. The first-order valence-electron chi connectivity index (χ1n) is 8.64. The Balaban J connectivity index is 1.68. The predicted molar refractivity (Wildman–Crippen MR) is 110 cm³/mol. The van der Waals surface area contributed by atoms with E-state index in [0.717, 1.165) is 10.9 Å². The summed E-state index contributed by atoms with van der Waals surface area (Å²) in [4.78, 5) is 24.3. The average Bonchev–Trinajstić information content (AvgIpc) is 3.31. The molecule has 2 aromatic carbocycles. The third-order valence-electron chi connectivity index (χ3n) is 4.41. The minimum Gasteiger partial charge on any atom is -0.340 e. The summed E-state index contributed by atoms with van der Waals surface area (Å²) in [5, 5.41) is 20.8.